The number of nitriles is 1. The zero-order valence-electron chi connectivity index (χ0n) is 7.39. The molecule has 0 aromatic carbocycles. The average molecular weight is 261 g/mol. The molecule has 0 saturated heterocycles. The predicted molar refractivity (Wildman–Crippen MR) is 50.9 cm³/mol. The molecule has 1 heterocycles. The van der Waals surface area contributed by atoms with Crippen molar-refractivity contribution in [3.05, 3.63) is 27.5 Å². The number of nitrogens with zero attached hydrogens (tertiary/aromatic N) is 2. The van der Waals surface area contributed by atoms with E-state index < -0.39 is 6.43 Å². The summed E-state index contributed by atoms with van der Waals surface area (Å²) in [6.45, 7) is 1.56. The van der Waals surface area contributed by atoms with Crippen LogP contribution in [0.2, 0.25) is 0 Å². The second kappa shape index (κ2) is 4.47. The van der Waals surface area contributed by atoms with E-state index in [1.807, 2.05) is 6.07 Å². The summed E-state index contributed by atoms with van der Waals surface area (Å²) in [4.78, 5) is 3.87. The highest BCUT2D eigenvalue weighted by atomic mass is 79.9. The minimum Gasteiger partial charge on any atom is -0.249 e. The average Bonchev–Trinajstić information content (AvgIpc) is 2.11. The Labute approximate surface area is 88.7 Å². The number of hydrogen-bond donors (Lipinski definition) is 0. The number of rotatable bonds is 2. The fourth-order valence-electron chi connectivity index (χ4n) is 1.20. The molecule has 0 fully saturated rings. The fourth-order valence-corrected chi connectivity index (χ4v) is 1.66. The third-order valence-electron chi connectivity index (χ3n) is 1.84. The van der Waals surface area contributed by atoms with Crippen LogP contribution in [0.15, 0.2) is 10.8 Å². The molecule has 1 aromatic rings. The van der Waals surface area contributed by atoms with Crippen LogP contribution in [-0.4, -0.2) is 4.98 Å². The lowest BCUT2D eigenvalue weighted by atomic mass is 10.0. The Balaban J connectivity index is 3.35. The van der Waals surface area contributed by atoms with Gasteiger partial charge in [0, 0.05) is 17.3 Å². The highest BCUT2D eigenvalue weighted by Gasteiger charge is 2.18. The van der Waals surface area contributed by atoms with Crippen molar-refractivity contribution in [3.8, 4) is 6.07 Å². The molecule has 0 unspecified atom stereocenters. The minimum atomic E-state index is -2.57. The summed E-state index contributed by atoms with van der Waals surface area (Å²) >= 11 is 3.06. The second-order valence-corrected chi connectivity index (χ2v) is 3.51. The fraction of sp³-hybridized carbons (Fsp3) is 0.333. The summed E-state index contributed by atoms with van der Waals surface area (Å²) in [6, 6.07) is 1.84. The Morgan fingerprint density at radius 2 is 2.29 bits per heavy atom. The number of aromatic nitrogens is 1. The van der Waals surface area contributed by atoms with Gasteiger partial charge in [0.2, 0.25) is 0 Å². The monoisotopic (exact) mass is 260 g/mol. The maximum absolute atomic E-state index is 12.6. The van der Waals surface area contributed by atoms with Crippen molar-refractivity contribution in [1.29, 1.82) is 5.26 Å². The quantitative estimate of drug-likeness (QED) is 0.766. The van der Waals surface area contributed by atoms with Crippen molar-refractivity contribution in [1.82, 2.24) is 4.98 Å². The number of halogens is 3. The first-order chi connectivity index (χ1) is 6.57. The van der Waals surface area contributed by atoms with Gasteiger partial charge in [-0.15, -0.1) is 0 Å². The molecule has 0 bridgehead atoms. The van der Waals surface area contributed by atoms with Crippen LogP contribution in [0.5, 0.6) is 0 Å². The molecule has 0 saturated carbocycles. The van der Waals surface area contributed by atoms with E-state index in [1.54, 1.807) is 6.92 Å². The highest BCUT2D eigenvalue weighted by molar-refractivity contribution is 9.10. The van der Waals surface area contributed by atoms with E-state index in [0.717, 1.165) is 0 Å². The van der Waals surface area contributed by atoms with E-state index >= 15 is 0 Å². The van der Waals surface area contributed by atoms with Gasteiger partial charge in [-0.2, -0.15) is 5.26 Å². The molecule has 1 aromatic heterocycles. The summed E-state index contributed by atoms with van der Waals surface area (Å²) in [5, 5.41) is 8.50. The largest absolute Gasteiger partial charge is 0.264 e. The Bertz CT molecular complexity index is 385. The smallest absolute Gasteiger partial charge is 0.249 e. The van der Waals surface area contributed by atoms with E-state index in [4.69, 9.17) is 5.26 Å². The molecule has 14 heavy (non-hydrogen) atoms. The highest BCUT2D eigenvalue weighted by Crippen LogP contribution is 2.30. The second-order valence-electron chi connectivity index (χ2n) is 2.76. The van der Waals surface area contributed by atoms with E-state index in [1.165, 1.54) is 6.20 Å². The lowest BCUT2D eigenvalue weighted by Crippen LogP contribution is -2.00. The van der Waals surface area contributed by atoms with Crippen molar-refractivity contribution < 1.29 is 8.78 Å². The lowest BCUT2D eigenvalue weighted by Gasteiger charge is -2.10. The zero-order chi connectivity index (χ0) is 10.7. The van der Waals surface area contributed by atoms with Crippen LogP contribution in [0.4, 0.5) is 8.78 Å². The third-order valence-corrected chi connectivity index (χ3v) is 2.53. The van der Waals surface area contributed by atoms with Crippen LogP contribution in [0.3, 0.4) is 0 Å². The summed E-state index contributed by atoms with van der Waals surface area (Å²) in [6.07, 6.45) is -1.26. The molecule has 0 N–H and O–H groups in total. The standard InChI is InChI=1S/C9H7BrF2N2/c1-5-4-14-8(10)6(2-3-13)7(5)9(11)12/h4,9H,2H2,1H3. The summed E-state index contributed by atoms with van der Waals surface area (Å²) < 4.78 is 25.6. The molecule has 74 valence electrons. The first-order valence-electron chi connectivity index (χ1n) is 3.87. The van der Waals surface area contributed by atoms with Gasteiger partial charge in [-0.3, -0.25) is 0 Å². The molecule has 0 spiro atoms. The normalized spacial score (nSPS) is 10.3. The Hall–Kier alpha value is -1.02. The molecule has 0 atom stereocenters. The molecule has 0 aliphatic carbocycles. The van der Waals surface area contributed by atoms with Crippen LogP contribution in [0, 0.1) is 18.3 Å². The first-order valence-corrected chi connectivity index (χ1v) is 4.66. The summed E-state index contributed by atoms with van der Waals surface area (Å²) in [5.41, 5.74) is 0.601. The molecular weight excluding hydrogens is 254 g/mol. The SMILES string of the molecule is Cc1cnc(Br)c(CC#N)c1C(F)F. The lowest BCUT2D eigenvalue weighted by molar-refractivity contribution is 0.149. The van der Waals surface area contributed by atoms with E-state index in [2.05, 4.69) is 20.9 Å². The van der Waals surface area contributed by atoms with Crippen LogP contribution in [0.25, 0.3) is 0 Å². The van der Waals surface area contributed by atoms with E-state index in [9.17, 15) is 8.78 Å². The molecule has 2 nitrogen and oxygen atoms in total. The van der Waals surface area contributed by atoms with Crippen LogP contribution in [0.1, 0.15) is 23.1 Å². The maximum atomic E-state index is 12.6. The summed E-state index contributed by atoms with van der Waals surface area (Å²) in [7, 11) is 0. The maximum Gasteiger partial charge on any atom is 0.264 e. The van der Waals surface area contributed by atoms with Gasteiger partial charge < -0.3 is 0 Å². The third kappa shape index (κ3) is 2.07. The van der Waals surface area contributed by atoms with Gasteiger partial charge >= 0.3 is 0 Å². The van der Waals surface area contributed by atoms with Gasteiger partial charge in [-0.25, -0.2) is 13.8 Å². The first kappa shape index (κ1) is 11.1. The number of aryl methyl sites for hydroxylation is 1. The Kier molecular flexibility index (Phi) is 3.53. The topological polar surface area (TPSA) is 36.7 Å². The van der Waals surface area contributed by atoms with Gasteiger partial charge in [0.05, 0.1) is 12.5 Å². The summed E-state index contributed by atoms with van der Waals surface area (Å²) in [5.74, 6) is 0. The zero-order valence-corrected chi connectivity index (χ0v) is 8.98. The van der Waals surface area contributed by atoms with Gasteiger partial charge in [0.1, 0.15) is 4.60 Å². The van der Waals surface area contributed by atoms with Crippen molar-refractivity contribution >= 4 is 15.9 Å². The predicted octanol–water partition coefficient (Wildman–Crippen LogP) is 3.16. The van der Waals surface area contributed by atoms with E-state index in [-0.39, 0.29) is 17.5 Å². The number of hydrogen-bond acceptors (Lipinski definition) is 2. The number of pyridine rings is 1. The van der Waals surface area contributed by atoms with Crippen LogP contribution >= 0.6 is 15.9 Å². The van der Waals surface area contributed by atoms with Gasteiger partial charge in [-0.05, 0) is 28.4 Å². The van der Waals surface area contributed by atoms with E-state index in [0.29, 0.717) is 10.2 Å². The van der Waals surface area contributed by atoms with Gasteiger partial charge in [0.15, 0.2) is 0 Å². The van der Waals surface area contributed by atoms with Crippen molar-refractivity contribution in [2.75, 3.05) is 0 Å². The molecule has 5 heteroatoms. The number of alkyl halides is 2. The molecule has 0 radical (unpaired) electrons. The Morgan fingerprint density at radius 3 is 2.79 bits per heavy atom. The molecule has 0 aliphatic rings. The molecule has 0 aliphatic heterocycles. The van der Waals surface area contributed by atoms with Crippen molar-refractivity contribution in [3.63, 3.8) is 0 Å². The Morgan fingerprint density at radius 1 is 1.64 bits per heavy atom. The molecular formula is C9H7BrF2N2. The van der Waals surface area contributed by atoms with Gasteiger partial charge in [0.25, 0.3) is 6.43 Å². The van der Waals surface area contributed by atoms with Crippen LogP contribution in [-0.2, 0) is 6.42 Å². The van der Waals surface area contributed by atoms with Crippen LogP contribution < -0.4 is 0 Å². The minimum absolute atomic E-state index is 0.0606. The van der Waals surface area contributed by atoms with Gasteiger partial charge in [-0.1, -0.05) is 0 Å². The molecule has 1 rings (SSSR count). The van der Waals surface area contributed by atoms with Crippen molar-refractivity contribution in [2.45, 2.75) is 19.8 Å². The molecule has 0 amide bonds. The van der Waals surface area contributed by atoms with Crippen molar-refractivity contribution in [2.24, 2.45) is 0 Å².